The molecule has 0 N–H and O–H groups in total. The van der Waals surface area contributed by atoms with Crippen molar-refractivity contribution in [2.45, 2.75) is 0 Å². The minimum atomic E-state index is 1.14. The molecule has 0 spiro atoms. The maximum Gasteiger partial charge on any atom is 0.0332 e. The smallest absolute Gasteiger partial charge is 0.0332 e. The SMILES string of the molecule is Brc1c2ccccc2c(-c2ccncc2)c2cc(-c3ccccc3)ccc12. The molecule has 0 aliphatic rings. The molecular weight excluding hydrogens is 394 g/mol. The lowest BCUT2D eigenvalue weighted by atomic mass is 9.90. The monoisotopic (exact) mass is 409 g/mol. The second-order valence-electron chi connectivity index (χ2n) is 6.60. The van der Waals surface area contributed by atoms with Crippen LogP contribution in [-0.4, -0.2) is 4.98 Å². The topological polar surface area (TPSA) is 12.9 Å². The first-order valence-electron chi connectivity index (χ1n) is 8.93. The molecule has 1 nitrogen and oxygen atoms in total. The van der Waals surface area contributed by atoms with Gasteiger partial charge < -0.3 is 0 Å². The zero-order valence-electron chi connectivity index (χ0n) is 14.6. The van der Waals surface area contributed by atoms with E-state index in [4.69, 9.17) is 0 Å². The second-order valence-corrected chi connectivity index (χ2v) is 7.39. The number of fused-ring (bicyclic) bond motifs is 2. The molecule has 5 rings (SSSR count). The van der Waals surface area contributed by atoms with Crippen LogP contribution in [0.4, 0.5) is 0 Å². The summed E-state index contributed by atoms with van der Waals surface area (Å²) in [4.78, 5) is 4.20. The van der Waals surface area contributed by atoms with Crippen molar-refractivity contribution in [3.63, 3.8) is 0 Å². The minimum Gasteiger partial charge on any atom is -0.265 e. The molecule has 4 aromatic carbocycles. The first kappa shape index (κ1) is 16.2. The van der Waals surface area contributed by atoms with Gasteiger partial charge in [-0.15, -0.1) is 0 Å². The Morgan fingerprint density at radius 3 is 1.96 bits per heavy atom. The number of hydrogen-bond acceptors (Lipinski definition) is 1. The third kappa shape index (κ3) is 2.73. The van der Waals surface area contributed by atoms with E-state index in [0.29, 0.717) is 0 Å². The zero-order chi connectivity index (χ0) is 18.2. The fourth-order valence-electron chi connectivity index (χ4n) is 3.76. The van der Waals surface area contributed by atoms with E-state index < -0.39 is 0 Å². The van der Waals surface area contributed by atoms with E-state index >= 15 is 0 Å². The number of rotatable bonds is 2. The number of hydrogen-bond donors (Lipinski definition) is 0. The molecule has 0 fully saturated rings. The average molecular weight is 410 g/mol. The summed E-state index contributed by atoms with van der Waals surface area (Å²) in [6.07, 6.45) is 3.72. The first-order chi connectivity index (χ1) is 13.3. The van der Waals surface area contributed by atoms with Crippen molar-refractivity contribution >= 4 is 37.5 Å². The molecule has 0 amide bonds. The number of nitrogens with zero attached hydrogens (tertiary/aromatic N) is 1. The van der Waals surface area contributed by atoms with Crippen LogP contribution in [0, 0.1) is 0 Å². The summed E-state index contributed by atoms with van der Waals surface area (Å²) in [6, 6.07) is 30.0. The third-order valence-electron chi connectivity index (χ3n) is 5.03. The maximum absolute atomic E-state index is 4.20. The van der Waals surface area contributed by atoms with Gasteiger partial charge in [0, 0.05) is 16.9 Å². The minimum absolute atomic E-state index is 1.14. The molecule has 0 unspecified atom stereocenters. The molecular formula is C25H16BrN. The van der Waals surface area contributed by atoms with Crippen LogP contribution in [0.15, 0.2) is 102 Å². The lowest BCUT2D eigenvalue weighted by Gasteiger charge is -2.15. The lowest BCUT2D eigenvalue weighted by molar-refractivity contribution is 1.33. The molecule has 1 aromatic heterocycles. The first-order valence-corrected chi connectivity index (χ1v) is 9.72. The van der Waals surface area contributed by atoms with E-state index in [1.54, 1.807) is 0 Å². The van der Waals surface area contributed by atoms with Crippen LogP contribution in [-0.2, 0) is 0 Å². The fraction of sp³-hybridized carbons (Fsp3) is 0. The Hall–Kier alpha value is -2.97. The van der Waals surface area contributed by atoms with E-state index in [0.717, 1.165) is 4.47 Å². The molecule has 0 aliphatic heterocycles. The molecule has 128 valence electrons. The van der Waals surface area contributed by atoms with Crippen molar-refractivity contribution in [2.75, 3.05) is 0 Å². The summed E-state index contributed by atoms with van der Waals surface area (Å²) < 4.78 is 1.14. The van der Waals surface area contributed by atoms with Crippen molar-refractivity contribution < 1.29 is 0 Å². The summed E-state index contributed by atoms with van der Waals surface area (Å²) in [5, 5.41) is 4.94. The van der Waals surface area contributed by atoms with Gasteiger partial charge in [0.2, 0.25) is 0 Å². The van der Waals surface area contributed by atoms with E-state index in [1.165, 1.54) is 43.8 Å². The highest BCUT2D eigenvalue weighted by molar-refractivity contribution is 9.10. The van der Waals surface area contributed by atoms with Gasteiger partial charge in [-0.2, -0.15) is 0 Å². The number of benzene rings is 4. The Labute approximate surface area is 166 Å². The highest BCUT2D eigenvalue weighted by Crippen LogP contribution is 2.42. The summed E-state index contributed by atoms with van der Waals surface area (Å²) in [5.74, 6) is 0. The van der Waals surface area contributed by atoms with Crippen LogP contribution >= 0.6 is 15.9 Å². The molecule has 27 heavy (non-hydrogen) atoms. The summed E-state index contributed by atoms with van der Waals surface area (Å²) in [6.45, 7) is 0. The highest BCUT2D eigenvalue weighted by Gasteiger charge is 2.14. The quantitative estimate of drug-likeness (QED) is 0.275. The Morgan fingerprint density at radius 1 is 0.519 bits per heavy atom. The number of halogens is 1. The van der Waals surface area contributed by atoms with Gasteiger partial charge in [-0.05, 0) is 77.9 Å². The van der Waals surface area contributed by atoms with Crippen molar-refractivity contribution in [1.82, 2.24) is 4.98 Å². The largest absolute Gasteiger partial charge is 0.265 e. The van der Waals surface area contributed by atoms with E-state index in [9.17, 15) is 0 Å². The molecule has 0 bridgehead atoms. The molecule has 2 heteroatoms. The van der Waals surface area contributed by atoms with Crippen LogP contribution in [0.1, 0.15) is 0 Å². The van der Waals surface area contributed by atoms with E-state index in [2.05, 4.69) is 106 Å². The third-order valence-corrected chi connectivity index (χ3v) is 5.89. The molecule has 0 atom stereocenters. The molecule has 5 aromatic rings. The van der Waals surface area contributed by atoms with Gasteiger partial charge in [-0.1, -0.05) is 66.7 Å². The van der Waals surface area contributed by atoms with Gasteiger partial charge in [0.25, 0.3) is 0 Å². The van der Waals surface area contributed by atoms with Crippen LogP contribution in [0.25, 0.3) is 43.8 Å². The lowest BCUT2D eigenvalue weighted by Crippen LogP contribution is -1.89. The Kier molecular flexibility index (Phi) is 3.99. The molecule has 1 heterocycles. The summed E-state index contributed by atoms with van der Waals surface area (Å²) in [7, 11) is 0. The van der Waals surface area contributed by atoms with E-state index in [1.807, 2.05) is 12.4 Å². The Balaban J connectivity index is 1.93. The van der Waals surface area contributed by atoms with Gasteiger partial charge in [0.15, 0.2) is 0 Å². The van der Waals surface area contributed by atoms with Gasteiger partial charge in [-0.3, -0.25) is 4.98 Å². The maximum atomic E-state index is 4.20. The van der Waals surface area contributed by atoms with Crippen molar-refractivity contribution in [3.8, 4) is 22.3 Å². The van der Waals surface area contributed by atoms with Gasteiger partial charge in [0.1, 0.15) is 0 Å². The summed E-state index contributed by atoms with van der Waals surface area (Å²) >= 11 is 3.86. The molecule has 0 radical (unpaired) electrons. The second kappa shape index (κ2) is 6.64. The predicted molar refractivity (Wildman–Crippen MR) is 118 cm³/mol. The van der Waals surface area contributed by atoms with Gasteiger partial charge in [-0.25, -0.2) is 0 Å². The van der Waals surface area contributed by atoms with Crippen LogP contribution in [0.3, 0.4) is 0 Å². The zero-order valence-corrected chi connectivity index (χ0v) is 16.1. The standard InChI is InChI=1S/C25H16BrN/c26-25-21-9-5-4-8-20(21)24(18-12-14-27-15-13-18)23-16-19(10-11-22(23)25)17-6-2-1-3-7-17/h1-16H. The highest BCUT2D eigenvalue weighted by atomic mass is 79.9. The summed E-state index contributed by atoms with van der Waals surface area (Å²) in [5.41, 5.74) is 4.89. The molecule has 0 saturated heterocycles. The van der Waals surface area contributed by atoms with Crippen LogP contribution < -0.4 is 0 Å². The number of pyridine rings is 1. The average Bonchev–Trinajstić information content (AvgIpc) is 2.75. The predicted octanol–water partition coefficient (Wildman–Crippen LogP) is 7.48. The number of aromatic nitrogens is 1. The molecule has 0 saturated carbocycles. The van der Waals surface area contributed by atoms with Crippen molar-refractivity contribution in [3.05, 3.63) is 102 Å². The van der Waals surface area contributed by atoms with Crippen molar-refractivity contribution in [1.29, 1.82) is 0 Å². The fourth-order valence-corrected chi connectivity index (χ4v) is 4.46. The Bertz CT molecular complexity index is 1260. The molecule has 0 aliphatic carbocycles. The van der Waals surface area contributed by atoms with Crippen molar-refractivity contribution in [2.24, 2.45) is 0 Å². The van der Waals surface area contributed by atoms with Crippen LogP contribution in [0.5, 0.6) is 0 Å². The Morgan fingerprint density at radius 2 is 1.19 bits per heavy atom. The van der Waals surface area contributed by atoms with Gasteiger partial charge >= 0.3 is 0 Å². The normalized spacial score (nSPS) is 11.1. The van der Waals surface area contributed by atoms with Crippen LogP contribution in [0.2, 0.25) is 0 Å². The van der Waals surface area contributed by atoms with E-state index in [-0.39, 0.29) is 0 Å². The van der Waals surface area contributed by atoms with Gasteiger partial charge in [0.05, 0.1) is 0 Å².